The van der Waals surface area contributed by atoms with E-state index in [4.69, 9.17) is 9.47 Å². The number of hydrogen-bond acceptors (Lipinski definition) is 3. The molecule has 3 heteroatoms. The van der Waals surface area contributed by atoms with E-state index in [0.717, 1.165) is 13.2 Å². The average molecular weight is 201 g/mol. The van der Waals surface area contributed by atoms with E-state index in [2.05, 4.69) is 25.8 Å². The van der Waals surface area contributed by atoms with E-state index in [-0.39, 0.29) is 0 Å². The van der Waals surface area contributed by atoms with Gasteiger partial charge < -0.3 is 9.47 Å². The first-order chi connectivity index (χ1) is 6.65. The molecule has 0 aromatic rings. The molecule has 14 heavy (non-hydrogen) atoms. The summed E-state index contributed by atoms with van der Waals surface area (Å²) in [7, 11) is 3.94. The van der Waals surface area contributed by atoms with Crippen LogP contribution >= 0.6 is 0 Å². The van der Waals surface area contributed by atoms with E-state index in [0.29, 0.717) is 18.2 Å². The molecule has 84 valence electrons. The molecule has 1 saturated heterocycles. The second kappa shape index (κ2) is 5.69. The van der Waals surface area contributed by atoms with Gasteiger partial charge in [-0.25, -0.2) is 0 Å². The van der Waals surface area contributed by atoms with Gasteiger partial charge in [-0.1, -0.05) is 0 Å². The monoisotopic (exact) mass is 201 g/mol. The van der Waals surface area contributed by atoms with Crippen molar-refractivity contribution in [2.24, 2.45) is 0 Å². The van der Waals surface area contributed by atoms with Crippen LogP contribution in [-0.4, -0.2) is 50.5 Å². The third-order valence-electron chi connectivity index (χ3n) is 2.97. The van der Waals surface area contributed by atoms with E-state index < -0.39 is 0 Å². The van der Waals surface area contributed by atoms with Crippen LogP contribution in [0.1, 0.15) is 26.7 Å². The molecule has 0 aromatic heterocycles. The highest BCUT2D eigenvalue weighted by molar-refractivity contribution is 4.85. The lowest BCUT2D eigenvalue weighted by molar-refractivity contribution is 0.0288. The van der Waals surface area contributed by atoms with Crippen molar-refractivity contribution >= 4 is 0 Å². The quantitative estimate of drug-likeness (QED) is 0.673. The molecular formula is C11H23NO2. The number of nitrogens with zero attached hydrogens (tertiary/aromatic N) is 1. The van der Waals surface area contributed by atoms with Crippen molar-refractivity contribution in [1.82, 2.24) is 4.90 Å². The van der Waals surface area contributed by atoms with Crippen LogP contribution in [0.3, 0.4) is 0 Å². The molecule has 0 bridgehead atoms. The zero-order chi connectivity index (χ0) is 10.6. The molecule has 2 unspecified atom stereocenters. The van der Waals surface area contributed by atoms with E-state index in [9.17, 15) is 0 Å². The van der Waals surface area contributed by atoms with Crippen LogP contribution in [0.4, 0.5) is 0 Å². The minimum atomic E-state index is 0.338. The Labute approximate surface area is 87.4 Å². The molecule has 1 fully saturated rings. The Hall–Kier alpha value is -0.120. The predicted molar refractivity (Wildman–Crippen MR) is 57.5 cm³/mol. The molecule has 0 saturated carbocycles. The van der Waals surface area contributed by atoms with E-state index in [1.807, 2.05) is 0 Å². The molecule has 1 aliphatic heterocycles. The van der Waals surface area contributed by atoms with Gasteiger partial charge in [-0.15, -0.1) is 0 Å². The molecule has 1 aliphatic rings. The number of hydrogen-bond donors (Lipinski definition) is 0. The number of ether oxygens (including phenoxy) is 2. The first-order valence-corrected chi connectivity index (χ1v) is 5.47. The van der Waals surface area contributed by atoms with Crippen molar-refractivity contribution in [3.05, 3.63) is 0 Å². The van der Waals surface area contributed by atoms with Crippen molar-refractivity contribution in [3.8, 4) is 0 Å². The zero-order valence-corrected chi connectivity index (χ0v) is 9.82. The maximum Gasteiger partial charge on any atom is 0.0625 e. The van der Waals surface area contributed by atoms with Crippen LogP contribution in [-0.2, 0) is 9.47 Å². The molecule has 0 radical (unpaired) electrons. The van der Waals surface area contributed by atoms with Crippen molar-refractivity contribution in [2.45, 2.75) is 44.9 Å². The summed E-state index contributed by atoms with van der Waals surface area (Å²) in [6.45, 7) is 5.87. The minimum Gasteiger partial charge on any atom is -0.383 e. The van der Waals surface area contributed by atoms with Gasteiger partial charge in [-0.05, 0) is 33.7 Å². The van der Waals surface area contributed by atoms with Gasteiger partial charge in [0.25, 0.3) is 0 Å². The third kappa shape index (κ3) is 3.23. The topological polar surface area (TPSA) is 21.7 Å². The summed E-state index contributed by atoms with van der Waals surface area (Å²) >= 11 is 0. The SMILES string of the molecule is COCC1CCC(COC(C)C)N1C. The number of methoxy groups -OCH3 is 1. The summed E-state index contributed by atoms with van der Waals surface area (Å²) in [6, 6.07) is 1.17. The fraction of sp³-hybridized carbons (Fsp3) is 1.00. The fourth-order valence-corrected chi connectivity index (χ4v) is 1.99. The molecule has 0 aromatic carbocycles. The fourth-order valence-electron chi connectivity index (χ4n) is 1.99. The standard InChI is InChI=1S/C11H23NO2/c1-9(2)14-8-11-6-5-10(7-13-4)12(11)3/h9-11H,5-8H2,1-4H3. The third-order valence-corrected chi connectivity index (χ3v) is 2.97. The van der Waals surface area contributed by atoms with Crippen molar-refractivity contribution in [2.75, 3.05) is 27.4 Å². The van der Waals surface area contributed by atoms with Gasteiger partial charge in [0.2, 0.25) is 0 Å². The lowest BCUT2D eigenvalue weighted by Crippen LogP contribution is -2.37. The predicted octanol–water partition coefficient (Wildman–Crippen LogP) is 1.52. The van der Waals surface area contributed by atoms with Crippen LogP contribution < -0.4 is 0 Å². The molecule has 3 nitrogen and oxygen atoms in total. The largest absolute Gasteiger partial charge is 0.383 e. The molecule has 2 atom stereocenters. The molecule has 1 heterocycles. The maximum atomic E-state index is 5.64. The highest BCUT2D eigenvalue weighted by Gasteiger charge is 2.30. The van der Waals surface area contributed by atoms with E-state index in [1.165, 1.54) is 12.8 Å². The van der Waals surface area contributed by atoms with Crippen LogP contribution in [0, 0.1) is 0 Å². The summed E-state index contributed by atoms with van der Waals surface area (Å²) in [5, 5.41) is 0. The molecule has 0 spiro atoms. The van der Waals surface area contributed by atoms with Gasteiger partial charge >= 0.3 is 0 Å². The highest BCUT2D eigenvalue weighted by Crippen LogP contribution is 2.22. The van der Waals surface area contributed by atoms with Gasteiger partial charge in [0.15, 0.2) is 0 Å². The smallest absolute Gasteiger partial charge is 0.0625 e. The average Bonchev–Trinajstić information content (AvgIpc) is 2.46. The Morgan fingerprint density at radius 2 is 1.79 bits per heavy atom. The summed E-state index contributed by atoms with van der Waals surface area (Å²) in [5.74, 6) is 0. The van der Waals surface area contributed by atoms with E-state index in [1.54, 1.807) is 7.11 Å². The molecule has 0 amide bonds. The first-order valence-electron chi connectivity index (χ1n) is 5.47. The molecule has 0 aliphatic carbocycles. The Morgan fingerprint density at radius 1 is 1.21 bits per heavy atom. The molecule has 1 rings (SSSR count). The first kappa shape index (κ1) is 12.0. The van der Waals surface area contributed by atoms with Gasteiger partial charge in [-0.3, -0.25) is 4.90 Å². The van der Waals surface area contributed by atoms with Crippen molar-refractivity contribution < 1.29 is 9.47 Å². The summed E-state index contributed by atoms with van der Waals surface area (Å²) in [6.07, 6.45) is 2.80. The van der Waals surface area contributed by atoms with Gasteiger partial charge in [0, 0.05) is 19.2 Å². The number of likely N-dealkylation sites (N-methyl/N-ethyl adjacent to an activating group) is 1. The second-order valence-corrected chi connectivity index (χ2v) is 4.39. The normalized spacial score (nSPS) is 28.9. The van der Waals surface area contributed by atoms with Crippen LogP contribution in [0.25, 0.3) is 0 Å². The summed E-state index contributed by atoms with van der Waals surface area (Å²) in [4.78, 5) is 2.39. The Morgan fingerprint density at radius 3 is 2.29 bits per heavy atom. The van der Waals surface area contributed by atoms with Crippen molar-refractivity contribution in [1.29, 1.82) is 0 Å². The van der Waals surface area contributed by atoms with Crippen molar-refractivity contribution in [3.63, 3.8) is 0 Å². The Balaban J connectivity index is 2.28. The summed E-state index contributed by atoms with van der Waals surface area (Å²) in [5.41, 5.74) is 0. The van der Waals surface area contributed by atoms with Gasteiger partial charge in [-0.2, -0.15) is 0 Å². The van der Waals surface area contributed by atoms with Crippen LogP contribution in [0.2, 0.25) is 0 Å². The van der Waals surface area contributed by atoms with E-state index >= 15 is 0 Å². The molecular weight excluding hydrogens is 178 g/mol. The minimum absolute atomic E-state index is 0.338. The highest BCUT2D eigenvalue weighted by atomic mass is 16.5. The van der Waals surface area contributed by atoms with Gasteiger partial charge in [0.05, 0.1) is 19.3 Å². The van der Waals surface area contributed by atoms with Crippen LogP contribution in [0.5, 0.6) is 0 Å². The zero-order valence-electron chi connectivity index (χ0n) is 9.82. The Kier molecular flexibility index (Phi) is 4.85. The Bertz CT molecular complexity index is 161. The number of rotatable bonds is 5. The second-order valence-electron chi connectivity index (χ2n) is 4.39. The lowest BCUT2D eigenvalue weighted by Gasteiger charge is -2.25. The maximum absolute atomic E-state index is 5.64. The number of likely N-dealkylation sites (tertiary alicyclic amines) is 1. The van der Waals surface area contributed by atoms with Gasteiger partial charge in [0.1, 0.15) is 0 Å². The van der Waals surface area contributed by atoms with Crippen LogP contribution in [0.15, 0.2) is 0 Å². The lowest BCUT2D eigenvalue weighted by atomic mass is 10.2. The summed E-state index contributed by atoms with van der Waals surface area (Å²) < 4.78 is 10.8. The molecule has 0 N–H and O–H groups in total.